The van der Waals surface area contributed by atoms with Crippen LogP contribution in [-0.4, -0.2) is 42.6 Å². The predicted molar refractivity (Wildman–Crippen MR) is 77.4 cm³/mol. The number of urea groups is 1. The highest BCUT2D eigenvalue weighted by atomic mass is 16.3. The number of aliphatic hydroxyl groups is 1. The van der Waals surface area contributed by atoms with Crippen LogP contribution in [-0.2, 0) is 4.79 Å². The summed E-state index contributed by atoms with van der Waals surface area (Å²) >= 11 is 0. The molecule has 3 amide bonds. The van der Waals surface area contributed by atoms with E-state index in [0.717, 1.165) is 5.56 Å². The third kappa shape index (κ3) is 5.27. The number of nitrogens with one attached hydrogen (secondary N) is 2. The van der Waals surface area contributed by atoms with Crippen molar-refractivity contribution < 1.29 is 14.7 Å². The minimum absolute atomic E-state index is 0.0356. The van der Waals surface area contributed by atoms with Crippen LogP contribution in [0.25, 0.3) is 0 Å². The maximum absolute atomic E-state index is 11.6. The van der Waals surface area contributed by atoms with E-state index in [1.165, 1.54) is 4.90 Å². The molecule has 0 heterocycles. The molecule has 20 heavy (non-hydrogen) atoms. The van der Waals surface area contributed by atoms with Gasteiger partial charge in [-0.2, -0.15) is 0 Å². The number of anilines is 1. The summed E-state index contributed by atoms with van der Waals surface area (Å²) in [7, 11) is 3.35. The lowest BCUT2D eigenvalue weighted by molar-refractivity contribution is -0.128. The van der Waals surface area contributed by atoms with Gasteiger partial charge in [0.05, 0.1) is 6.10 Å². The molecule has 0 spiro atoms. The van der Waals surface area contributed by atoms with Crippen molar-refractivity contribution in [1.29, 1.82) is 0 Å². The standard InChI is InChI=1S/C14H21N3O3/c1-10(18)11-4-6-12(7-5-11)16-14(20)15-9-8-13(19)17(2)3/h4-7,10,18H,8-9H2,1-3H3,(H2,15,16,20). The van der Waals surface area contributed by atoms with Crippen molar-refractivity contribution in [2.45, 2.75) is 19.4 Å². The Kier molecular flexibility index (Phi) is 5.99. The molecule has 0 saturated carbocycles. The Hall–Kier alpha value is -2.08. The molecule has 0 saturated heterocycles. The molecule has 1 unspecified atom stereocenters. The van der Waals surface area contributed by atoms with Gasteiger partial charge in [-0.1, -0.05) is 12.1 Å². The Morgan fingerprint density at radius 2 is 1.85 bits per heavy atom. The van der Waals surface area contributed by atoms with E-state index in [-0.39, 0.29) is 24.9 Å². The Morgan fingerprint density at radius 1 is 1.25 bits per heavy atom. The van der Waals surface area contributed by atoms with E-state index in [0.29, 0.717) is 5.69 Å². The van der Waals surface area contributed by atoms with Gasteiger partial charge in [-0.25, -0.2) is 4.79 Å². The summed E-state index contributed by atoms with van der Waals surface area (Å²) in [4.78, 5) is 24.4. The normalized spacial score (nSPS) is 11.6. The lowest BCUT2D eigenvalue weighted by Gasteiger charge is -2.11. The van der Waals surface area contributed by atoms with E-state index in [1.807, 2.05) is 0 Å². The first-order valence-electron chi connectivity index (χ1n) is 6.43. The molecule has 1 aromatic rings. The summed E-state index contributed by atoms with van der Waals surface area (Å²) in [6.45, 7) is 1.96. The van der Waals surface area contributed by atoms with Crippen molar-refractivity contribution in [1.82, 2.24) is 10.2 Å². The molecule has 110 valence electrons. The van der Waals surface area contributed by atoms with Crippen LogP contribution >= 0.6 is 0 Å². The minimum atomic E-state index is -0.532. The van der Waals surface area contributed by atoms with Crippen LogP contribution in [0.15, 0.2) is 24.3 Å². The van der Waals surface area contributed by atoms with Crippen molar-refractivity contribution in [2.75, 3.05) is 26.0 Å². The molecule has 0 fully saturated rings. The zero-order valence-corrected chi connectivity index (χ0v) is 12.0. The molecule has 0 aromatic heterocycles. The van der Waals surface area contributed by atoms with Gasteiger partial charge in [-0.05, 0) is 24.6 Å². The highest BCUT2D eigenvalue weighted by Crippen LogP contribution is 2.15. The average molecular weight is 279 g/mol. The number of rotatable bonds is 5. The minimum Gasteiger partial charge on any atom is -0.389 e. The maximum Gasteiger partial charge on any atom is 0.319 e. The van der Waals surface area contributed by atoms with E-state index >= 15 is 0 Å². The summed E-state index contributed by atoms with van der Waals surface area (Å²) in [5, 5.41) is 14.6. The predicted octanol–water partition coefficient (Wildman–Crippen LogP) is 1.34. The third-order valence-electron chi connectivity index (χ3n) is 2.77. The van der Waals surface area contributed by atoms with Gasteiger partial charge in [0.25, 0.3) is 0 Å². The number of hydrogen-bond donors (Lipinski definition) is 3. The van der Waals surface area contributed by atoms with Gasteiger partial charge < -0.3 is 20.6 Å². The van der Waals surface area contributed by atoms with Crippen LogP contribution in [0, 0.1) is 0 Å². The summed E-state index contributed by atoms with van der Waals surface area (Å²) in [6, 6.07) is 6.56. The van der Waals surface area contributed by atoms with E-state index in [1.54, 1.807) is 45.3 Å². The van der Waals surface area contributed by atoms with Gasteiger partial charge in [0.2, 0.25) is 5.91 Å². The second kappa shape index (κ2) is 7.49. The highest BCUT2D eigenvalue weighted by molar-refractivity contribution is 5.89. The van der Waals surface area contributed by atoms with Crippen molar-refractivity contribution >= 4 is 17.6 Å². The van der Waals surface area contributed by atoms with Gasteiger partial charge in [-0.15, -0.1) is 0 Å². The van der Waals surface area contributed by atoms with Crippen LogP contribution in [0.5, 0.6) is 0 Å². The second-order valence-electron chi connectivity index (χ2n) is 4.72. The third-order valence-corrected chi connectivity index (χ3v) is 2.77. The van der Waals surface area contributed by atoms with Gasteiger partial charge in [-0.3, -0.25) is 4.79 Å². The van der Waals surface area contributed by atoms with Crippen molar-refractivity contribution in [3.05, 3.63) is 29.8 Å². The Labute approximate surface area is 118 Å². The maximum atomic E-state index is 11.6. The monoisotopic (exact) mass is 279 g/mol. The number of amides is 3. The molecular weight excluding hydrogens is 258 g/mol. The first-order valence-corrected chi connectivity index (χ1v) is 6.43. The average Bonchev–Trinajstić information content (AvgIpc) is 2.39. The number of aliphatic hydroxyl groups excluding tert-OH is 1. The lowest BCUT2D eigenvalue weighted by Crippen LogP contribution is -2.33. The molecule has 0 aliphatic carbocycles. The van der Waals surface area contributed by atoms with E-state index in [4.69, 9.17) is 0 Å². The number of hydrogen-bond acceptors (Lipinski definition) is 3. The fourth-order valence-corrected chi connectivity index (χ4v) is 1.53. The number of benzene rings is 1. The van der Waals surface area contributed by atoms with Crippen LogP contribution in [0.2, 0.25) is 0 Å². The number of carbonyl (C=O) groups is 2. The Balaban J connectivity index is 2.37. The molecular formula is C14H21N3O3. The van der Waals surface area contributed by atoms with Crippen molar-refractivity contribution in [3.8, 4) is 0 Å². The summed E-state index contributed by atoms with van der Waals surface area (Å²) in [6.07, 6.45) is -0.267. The van der Waals surface area contributed by atoms with Crippen molar-refractivity contribution in [3.63, 3.8) is 0 Å². The zero-order valence-electron chi connectivity index (χ0n) is 12.0. The van der Waals surface area contributed by atoms with Gasteiger partial charge >= 0.3 is 6.03 Å². The topological polar surface area (TPSA) is 81.7 Å². The van der Waals surface area contributed by atoms with Gasteiger partial charge in [0.1, 0.15) is 0 Å². The fourth-order valence-electron chi connectivity index (χ4n) is 1.53. The zero-order chi connectivity index (χ0) is 15.1. The molecule has 0 radical (unpaired) electrons. The smallest absolute Gasteiger partial charge is 0.319 e. The van der Waals surface area contributed by atoms with Gasteiger partial charge in [0.15, 0.2) is 0 Å². The summed E-state index contributed by atoms with van der Waals surface area (Å²) in [5.74, 6) is -0.0356. The fraction of sp³-hybridized carbons (Fsp3) is 0.429. The van der Waals surface area contributed by atoms with E-state index < -0.39 is 6.10 Å². The molecule has 1 atom stereocenters. The lowest BCUT2D eigenvalue weighted by atomic mass is 10.1. The second-order valence-corrected chi connectivity index (χ2v) is 4.72. The highest BCUT2D eigenvalue weighted by Gasteiger charge is 2.06. The summed E-state index contributed by atoms with van der Waals surface area (Å²) < 4.78 is 0. The van der Waals surface area contributed by atoms with E-state index in [9.17, 15) is 14.7 Å². The van der Waals surface area contributed by atoms with Crippen LogP contribution in [0.1, 0.15) is 25.0 Å². The van der Waals surface area contributed by atoms with Crippen molar-refractivity contribution in [2.24, 2.45) is 0 Å². The van der Waals surface area contributed by atoms with Crippen LogP contribution < -0.4 is 10.6 Å². The molecule has 3 N–H and O–H groups in total. The van der Waals surface area contributed by atoms with E-state index in [2.05, 4.69) is 10.6 Å². The first-order chi connectivity index (χ1) is 9.40. The molecule has 1 aromatic carbocycles. The Morgan fingerprint density at radius 3 is 2.35 bits per heavy atom. The molecule has 0 aliphatic rings. The number of carbonyl (C=O) groups excluding carboxylic acids is 2. The summed E-state index contributed by atoms with van der Waals surface area (Å²) in [5.41, 5.74) is 1.42. The molecule has 6 nitrogen and oxygen atoms in total. The van der Waals surface area contributed by atoms with Crippen LogP contribution in [0.4, 0.5) is 10.5 Å². The molecule has 1 rings (SSSR count). The Bertz CT molecular complexity index is 455. The SMILES string of the molecule is CC(O)c1ccc(NC(=O)NCCC(=O)N(C)C)cc1. The van der Waals surface area contributed by atoms with Crippen LogP contribution in [0.3, 0.4) is 0 Å². The molecule has 0 aliphatic heterocycles. The first kappa shape index (κ1) is 16.0. The quantitative estimate of drug-likeness (QED) is 0.760. The molecule has 6 heteroatoms. The van der Waals surface area contributed by atoms with Gasteiger partial charge in [0, 0.05) is 32.7 Å². The number of nitrogens with zero attached hydrogens (tertiary/aromatic N) is 1. The largest absolute Gasteiger partial charge is 0.389 e. The molecule has 0 bridgehead atoms.